The van der Waals surface area contributed by atoms with Crippen LogP contribution in [0.25, 0.3) is 0 Å². The second kappa shape index (κ2) is 7.31. The number of rotatable bonds is 3. The number of halogens is 1. The molecule has 0 amide bonds. The van der Waals surface area contributed by atoms with Crippen LogP contribution >= 0.6 is 15.9 Å². The standard InChI is InChI=1S/C9H7BrO2.C2H6O/c10-9(6-11,7-12)8-4-2-1-3-5-8;1-2-3/h1-7H;3H,2H2,1H3. The van der Waals surface area contributed by atoms with Crippen LogP contribution < -0.4 is 0 Å². The number of hydrogen-bond donors (Lipinski definition) is 1. The van der Waals surface area contributed by atoms with Gasteiger partial charge >= 0.3 is 0 Å². The van der Waals surface area contributed by atoms with Gasteiger partial charge in [-0.1, -0.05) is 46.3 Å². The Morgan fingerprint density at radius 3 is 2.00 bits per heavy atom. The zero-order chi connectivity index (χ0) is 11.7. The summed E-state index contributed by atoms with van der Waals surface area (Å²) in [5.74, 6) is 0. The van der Waals surface area contributed by atoms with Gasteiger partial charge < -0.3 is 14.7 Å². The number of carbonyl (C=O) groups is 2. The zero-order valence-corrected chi connectivity index (χ0v) is 9.98. The molecule has 1 N–H and O–H groups in total. The van der Waals surface area contributed by atoms with Gasteiger partial charge in [0.25, 0.3) is 0 Å². The number of aldehydes is 2. The minimum Gasteiger partial charge on any atom is -0.397 e. The highest BCUT2D eigenvalue weighted by atomic mass is 79.9. The fraction of sp³-hybridized carbons (Fsp3) is 0.273. The quantitative estimate of drug-likeness (QED) is 0.518. The molecule has 0 heterocycles. The highest BCUT2D eigenvalue weighted by molar-refractivity contribution is 9.10. The van der Waals surface area contributed by atoms with Crippen molar-refractivity contribution in [1.29, 1.82) is 0 Å². The lowest BCUT2D eigenvalue weighted by atomic mass is 10.0. The lowest BCUT2D eigenvalue weighted by molar-refractivity contribution is -0.117. The van der Waals surface area contributed by atoms with E-state index in [1.807, 2.05) is 6.07 Å². The number of hydrogen-bond acceptors (Lipinski definition) is 3. The van der Waals surface area contributed by atoms with Crippen molar-refractivity contribution >= 4 is 28.5 Å². The first kappa shape index (κ1) is 14.0. The van der Waals surface area contributed by atoms with Crippen molar-refractivity contribution in [2.75, 3.05) is 6.61 Å². The predicted octanol–water partition coefficient (Wildman–Crippen LogP) is 1.67. The Hall–Kier alpha value is -1.00. The monoisotopic (exact) mass is 272 g/mol. The van der Waals surface area contributed by atoms with E-state index in [1.54, 1.807) is 31.2 Å². The molecule has 0 atom stereocenters. The molecule has 0 saturated carbocycles. The summed E-state index contributed by atoms with van der Waals surface area (Å²) in [6.45, 7) is 1.93. The molecule has 0 aromatic heterocycles. The van der Waals surface area contributed by atoms with Gasteiger partial charge in [0.1, 0.15) is 12.6 Å². The molecule has 0 fully saturated rings. The molecule has 0 bridgehead atoms. The Kier molecular flexibility index (Phi) is 6.83. The first-order valence-electron chi connectivity index (χ1n) is 4.42. The van der Waals surface area contributed by atoms with E-state index in [4.69, 9.17) is 5.11 Å². The van der Waals surface area contributed by atoms with Crippen molar-refractivity contribution in [1.82, 2.24) is 0 Å². The summed E-state index contributed by atoms with van der Waals surface area (Å²) >= 11 is 3.06. The van der Waals surface area contributed by atoms with E-state index in [2.05, 4.69) is 15.9 Å². The van der Waals surface area contributed by atoms with E-state index < -0.39 is 4.32 Å². The van der Waals surface area contributed by atoms with E-state index in [0.29, 0.717) is 18.1 Å². The van der Waals surface area contributed by atoms with Gasteiger partial charge in [-0.2, -0.15) is 0 Å². The summed E-state index contributed by atoms with van der Waals surface area (Å²) in [6.07, 6.45) is 1.16. The highest BCUT2D eigenvalue weighted by Gasteiger charge is 2.27. The third-order valence-electron chi connectivity index (χ3n) is 1.56. The van der Waals surface area contributed by atoms with Crippen molar-refractivity contribution in [2.45, 2.75) is 11.2 Å². The normalized spacial score (nSPS) is 9.80. The topological polar surface area (TPSA) is 54.4 Å². The summed E-state index contributed by atoms with van der Waals surface area (Å²) in [5, 5.41) is 7.57. The molecule has 0 spiro atoms. The molecule has 0 aliphatic rings. The maximum atomic E-state index is 10.6. The lowest BCUT2D eigenvalue weighted by Crippen LogP contribution is -2.21. The summed E-state index contributed by atoms with van der Waals surface area (Å²) in [5.41, 5.74) is 0.648. The molecule has 3 nitrogen and oxygen atoms in total. The van der Waals surface area contributed by atoms with Crippen molar-refractivity contribution in [2.24, 2.45) is 0 Å². The van der Waals surface area contributed by atoms with Crippen molar-refractivity contribution in [3.63, 3.8) is 0 Å². The molecule has 1 aromatic rings. The van der Waals surface area contributed by atoms with E-state index in [0.717, 1.165) is 0 Å². The molecule has 1 rings (SSSR count). The maximum absolute atomic E-state index is 10.6. The average Bonchev–Trinajstić information content (AvgIpc) is 2.30. The second-order valence-electron chi connectivity index (χ2n) is 2.69. The molecule has 82 valence electrons. The van der Waals surface area contributed by atoms with Crippen LogP contribution in [0.15, 0.2) is 30.3 Å². The third kappa shape index (κ3) is 4.36. The van der Waals surface area contributed by atoms with Crippen LogP contribution in [0, 0.1) is 0 Å². The van der Waals surface area contributed by atoms with Crippen molar-refractivity contribution in [3.05, 3.63) is 35.9 Å². The summed E-state index contributed by atoms with van der Waals surface area (Å²) < 4.78 is -1.17. The molecule has 0 saturated heterocycles. The number of carbonyl (C=O) groups excluding carboxylic acids is 2. The van der Waals surface area contributed by atoms with Gasteiger partial charge in [-0.05, 0) is 12.5 Å². The van der Waals surface area contributed by atoms with Crippen LogP contribution in [-0.4, -0.2) is 24.3 Å². The summed E-state index contributed by atoms with van der Waals surface area (Å²) in [7, 11) is 0. The number of aliphatic hydroxyl groups is 1. The van der Waals surface area contributed by atoms with Crippen LogP contribution in [0.4, 0.5) is 0 Å². The fourth-order valence-corrected chi connectivity index (χ4v) is 1.12. The molecule has 0 aliphatic heterocycles. The highest BCUT2D eigenvalue weighted by Crippen LogP contribution is 2.25. The largest absolute Gasteiger partial charge is 0.397 e. The molecule has 15 heavy (non-hydrogen) atoms. The molecular formula is C11H13BrO3. The minimum atomic E-state index is -1.17. The SMILES string of the molecule is CCO.O=CC(Br)(C=O)c1ccccc1. The Morgan fingerprint density at radius 1 is 1.27 bits per heavy atom. The van der Waals surface area contributed by atoms with Crippen LogP contribution in [0.3, 0.4) is 0 Å². The minimum absolute atomic E-state index is 0.250. The van der Waals surface area contributed by atoms with Gasteiger partial charge in [0.05, 0.1) is 0 Å². The zero-order valence-electron chi connectivity index (χ0n) is 8.39. The lowest BCUT2D eigenvalue weighted by Gasteiger charge is -2.12. The Labute approximate surface area is 97.2 Å². The van der Waals surface area contributed by atoms with Crippen LogP contribution in [0.5, 0.6) is 0 Å². The van der Waals surface area contributed by atoms with Gasteiger partial charge in [0.15, 0.2) is 4.32 Å². The van der Waals surface area contributed by atoms with E-state index in [-0.39, 0.29) is 6.61 Å². The van der Waals surface area contributed by atoms with Crippen LogP contribution in [0.1, 0.15) is 12.5 Å². The predicted molar refractivity (Wildman–Crippen MR) is 61.9 cm³/mol. The summed E-state index contributed by atoms with van der Waals surface area (Å²) in [6, 6.07) is 8.82. The first-order chi connectivity index (χ1) is 7.14. The number of alkyl halides is 1. The van der Waals surface area contributed by atoms with Gasteiger partial charge in [0.2, 0.25) is 0 Å². The summed E-state index contributed by atoms with van der Waals surface area (Å²) in [4.78, 5) is 21.2. The Morgan fingerprint density at radius 2 is 1.67 bits per heavy atom. The maximum Gasteiger partial charge on any atom is 0.161 e. The smallest absolute Gasteiger partial charge is 0.161 e. The molecule has 0 unspecified atom stereocenters. The van der Waals surface area contributed by atoms with Gasteiger partial charge in [-0.3, -0.25) is 0 Å². The average molecular weight is 273 g/mol. The fourth-order valence-electron chi connectivity index (χ4n) is 0.857. The Bertz CT molecular complexity index is 290. The Balaban J connectivity index is 0.000000583. The van der Waals surface area contributed by atoms with Crippen molar-refractivity contribution < 1.29 is 14.7 Å². The molecule has 4 heteroatoms. The van der Waals surface area contributed by atoms with Crippen molar-refractivity contribution in [3.8, 4) is 0 Å². The third-order valence-corrected chi connectivity index (χ3v) is 2.39. The number of aliphatic hydroxyl groups excluding tert-OH is 1. The van der Waals surface area contributed by atoms with Crippen LogP contribution in [0.2, 0.25) is 0 Å². The van der Waals surface area contributed by atoms with Crippen LogP contribution in [-0.2, 0) is 13.9 Å². The molecule has 0 radical (unpaired) electrons. The number of benzene rings is 1. The molecule has 1 aromatic carbocycles. The second-order valence-corrected chi connectivity index (χ2v) is 4.00. The van der Waals surface area contributed by atoms with Gasteiger partial charge in [0, 0.05) is 6.61 Å². The molecular weight excluding hydrogens is 260 g/mol. The molecule has 0 aliphatic carbocycles. The van der Waals surface area contributed by atoms with E-state index in [1.165, 1.54) is 0 Å². The van der Waals surface area contributed by atoms with Gasteiger partial charge in [-0.15, -0.1) is 0 Å². The first-order valence-corrected chi connectivity index (χ1v) is 5.21. The van der Waals surface area contributed by atoms with E-state index >= 15 is 0 Å². The van der Waals surface area contributed by atoms with Gasteiger partial charge in [-0.25, -0.2) is 0 Å². The van der Waals surface area contributed by atoms with E-state index in [9.17, 15) is 9.59 Å².